The molecule has 0 radical (unpaired) electrons. The van der Waals surface area contributed by atoms with Crippen molar-refractivity contribution >= 4 is 17.7 Å². The highest BCUT2D eigenvalue weighted by atomic mass is 16.6. The number of nitrogens with zero attached hydrogens (tertiary/aromatic N) is 1. The van der Waals surface area contributed by atoms with Crippen molar-refractivity contribution < 1.29 is 28.5 Å². The zero-order valence-corrected chi connectivity index (χ0v) is 13.6. The molecule has 2 atom stereocenters. The van der Waals surface area contributed by atoms with E-state index in [1.807, 2.05) is 0 Å². The number of esters is 1. The van der Waals surface area contributed by atoms with Crippen LogP contribution in [0.3, 0.4) is 0 Å². The molecule has 0 saturated carbocycles. The number of hydrogen-bond acceptors (Lipinski definition) is 6. The maximum absolute atomic E-state index is 12.0. The maximum atomic E-state index is 12.0. The van der Waals surface area contributed by atoms with E-state index in [9.17, 15) is 9.59 Å². The van der Waals surface area contributed by atoms with Crippen molar-refractivity contribution in [3.63, 3.8) is 0 Å². The van der Waals surface area contributed by atoms with Crippen molar-refractivity contribution in [1.82, 2.24) is 0 Å². The molecule has 0 bridgehead atoms. The molecule has 1 aromatic rings. The van der Waals surface area contributed by atoms with Gasteiger partial charge in [-0.05, 0) is 44.0 Å². The molecule has 1 aromatic carbocycles. The molecule has 0 N–H and O–H groups in total. The van der Waals surface area contributed by atoms with Crippen LogP contribution in [0, 0.1) is 0 Å². The second-order valence-electron chi connectivity index (χ2n) is 5.79. The number of carbonyl (C=O) groups excluding carboxylic acids is 2. The van der Waals surface area contributed by atoms with Crippen LogP contribution in [0.15, 0.2) is 24.3 Å². The Labute approximate surface area is 140 Å². The van der Waals surface area contributed by atoms with Gasteiger partial charge in [-0.2, -0.15) is 0 Å². The summed E-state index contributed by atoms with van der Waals surface area (Å²) in [6.45, 7) is 3.71. The Morgan fingerprint density at radius 3 is 2.75 bits per heavy atom. The Balaban J connectivity index is 1.49. The van der Waals surface area contributed by atoms with Gasteiger partial charge in [-0.1, -0.05) is 0 Å². The summed E-state index contributed by atoms with van der Waals surface area (Å²) in [6, 6.07) is 6.72. The molecular formula is C17H21NO6. The minimum Gasteiger partial charge on any atom is -0.447 e. The molecule has 0 unspecified atom stereocenters. The van der Waals surface area contributed by atoms with Gasteiger partial charge in [0.05, 0.1) is 19.3 Å². The molecule has 2 aliphatic heterocycles. The third-order valence-electron chi connectivity index (χ3n) is 4.02. The van der Waals surface area contributed by atoms with E-state index in [-0.39, 0.29) is 12.2 Å². The number of carbonyl (C=O) groups is 2. The van der Waals surface area contributed by atoms with Gasteiger partial charge in [0.15, 0.2) is 6.10 Å². The highest BCUT2D eigenvalue weighted by Gasteiger charge is 2.24. The zero-order chi connectivity index (χ0) is 16.9. The quantitative estimate of drug-likeness (QED) is 0.586. The average Bonchev–Trinajstić information content (AvgIpc) is 3.25. The van der Waals surface area contributed by atoms with E-state index in [1.165, 1.54) is 4.90 Å². The van der Waals surface area contributed by atoms with Crippen LogP contribution in [0.5, 0.6) is 5.75 Å². The molecule has 0 aliphatic carbocycles. The number of benzene rings is 1. The predicted molar refractivity (Wildman–Crippen MR) is 85.2 cm³/mol. The van der Waals surface area contributed by atoms with Crippen molar-refractivity contribution in [2.75, 3.05) is 31.3 Å². The van der Waals surface area contributed by atoms with Gasteiger partial charge in [-0.15, -0.1) is 0 Å². The Morgan fingerprint density at radius 2 is 2.12 bits per heavy atom. The topological polar surface area (TPSA) is 74.3 Å². The van der Waals surface area contributed by atoms with Gasteiger partial charge >= 0.3 is 12.1 Å². The molecule has 3 rings (SSSR count). The van der Waals surface area contributed by atoms with E-state index in [4.69, 9.17) is 18.9 Å². The number of cyclic esters (lactones) is 1. The van der Waals surface area contributed by atoms with Crippen molar-refractivity contribution in [3.8, 4) is 5.75 Å². The molecule has 0 aromatic heterocycles. The van der Waals surface area contributed by atoms with Crippen LogP contribution < -0.4 is 9.64 Å². The molecule has 2 heterocycles. The summed E-state index contributed by atoms with van der Waals surface area (Å²) in [4.78, 5) is 25.1. The highest BCUT2D eigenvalue weighted by Crippen LogP contribution is 2.22. The van der Waals surface area contributed by atoms with E-state index in [0.29, 0.717) is 31.2 Å². The fourth-order valence-corrected chi connectivity index (χ4v) is 2.62. The normalized spacial score (nSPS) is 21.6. The fourth-order valence-electron chi connectivity index (χ4n) is 2.62. The van der Waals surface area contributed by atoms with Gasteiger partial charge < -0.3 is 18.9 Å². The molecule has 7 nitrogen and oxygen atoms in total. The minimum atomic E-state index is -0.664. The van der Waals surface area contributed by atoms with E-state index < -0.39 is 12.1 Å². The SMILES string of the molecule is C[C@H](OC[C@@H]1CCCO1)C(=O)Oc1ccc(N2CCOC2=O)cc1. The van der Waals surface area contributed by atoms with Gasteiger partial charge in [0, 0.05) is 12.3 Å². The lowest BCUT2D eigenvalue weighted by Gasteiger charge is -2.16. The first-order valence-corrected chi connectivity index (χ1v) is 8.13. The number of ether oxygens (including phenoxy) is 4. The molecule has 130 valence electrons. The number of anilines is 1. The number of rotatable bonds is 6. The van der Waals surface area contributed by atoms with Crippen molar-refractivity contribution in [1.29, 1.82) is 0 Å². The summed E-state index contributed by atoms with van der Waals surface area (Å²) < 4.78 is 21.1. The zero-order valence-electron chi connectivity index (χ0n) is 13.6. The van der Waals surface area contributed by atoms with Crippen LogP contribution in [0.2, 0.25) is 0 Å². The largest absolute Gasteiger partial charge is 0.447 e. The van der Waals surface area contributed by atoms with Crippen LogP contribution in [-0.4, -0.2) is 50.6 Å². The highest BCUT2D eigenvalue weighted by molar-refractivity contribution is 5.89. The molecule has 2 aliphatic rings. The first-order valence-electron chi connectivity index (χ1n) is 8.13. The lowest BCUT2D eigenvalue weighted by molar-refractivity contribution is -0.148. The molecule has 0 spiro atoms. The van der Waals surface area contributed by atoms with Crippen LogP contribution >= 0.6 is 0 Å². The van der Waals surface area contributed by atoms with Gasteiger partial charge in [0.1, 0.15) is 12.4 Å². The number of hydrogen-bond donors (Lipinski definition) is 0. The second-order valence-corrected chi connectivity index (χ2v) is 5.79. The van der Waals surface area contributed by atoms with Crippen LogP contribution in [0.4, 0.5) is 10.5 Å². The molecule has 24 heavy (non-hydrogen) atoms. The minimum absolute atomic E-state index is 0.0692. The standard InChI is InChI=1S/C17H21NO6/c1-12(23-11-15-3-2-9-21-15)16(19)24-14-6-4-13(5-7-14)18-8-10-22-17(18)20/h4-7,12,15H,2-3,8-11H2,1H3/t12-,15-/m0/s1. The molecule has 1 amide bonds. The van der Waals surface area contributed by atoms with Crippen molar-refractivity contribution in [2.24, 2.45) is 0 Å². The smallest absolute Gasteiger partial charge is 0.414 e. The van der Waals surface area contributed by atoms with E-state index in [2.05, 4.69) is 0 Å². The maximum Gasteiger partial charge on any atom is 0.414 e. The molecular weight excluding hydrogens is 314 g/mol. The lowest BCUT2D eigenvalue weighted by Crippen LogP contribution is -2.29. The first kappa shape index (κ1) is 16.7. The van der Waals surface area contributed by atoms with Gasteiger partial charge in [-0.25, -0.2) is 9.59 Å². The summed E-state index contributed by atoms with van der Waals surface area (Å²) in [5, 5.41) is 0. The van der Waals surface area contributed by atoms with E-state index in [1.54, 1.807) is 31.2 Å². The van der Waals surface area contributed by atoms with Crippen molar-refractivity contribution in [2.45, 2.75) is 32.0 Å². The third kappa shape index (κ3) is 4.04. The lowest BCUT2D eigenvalue weighted by atomic mass is 10.2. The van der Waals surface area contributed by atoms with Crippen LogP contribution in [-0.2, 0) is 19.0 Å². The monoisotopic (exact) mass is 335 g/mol. The Kier molecular flexibility index (Phi) is 5.32. The van der Waals surface area contributed by atoms with Crippen LogP contribution in [0.1, 0.15) is 19.8 Å². The Morgan fingerprint density at radius 1 is 1.33 bits per heavy atom. The molecule has 2 saturated heterocycles. The Hall–Kier alpha value is -2.12. The van der Waals surface area contributed by atoms with E-state index in [0.717, 1.165) is 19.4 Å². The summed E-state index contributed by atoms with van der Waals surface area (Å²) in [6.07, 6.45) is 1.03. The number of amides is 1. The van der Waals surface area contributed by atoms with Gasteiger partial charge in [-0.3, -0.25) is 4.90 Å². The van der Waals surface area contributed by atoms with Crippen molar-refractivity contribution in [3.05, 3.63) is 24.3 Å². The predicted octanol–water partition coefficient (Wildman–Crippen LogP) is 2.13. The van der Waals surface area contributed by atoms with Crippen LogP contribution in [0.25, 0.3) is 0 Å². The summed E-state index contributed by atoms with van der Waals surface area (Å²) in [7, 11) is 0. The second kappa shape index (κ2) is 7.63. The molecule has 7 heteroatoms. The summed E-state index contributed by atoms with van der Waals surface area (Å²) >= 11 is 0. The van der Waals surface area contributed by atoms with E-state index >= 15 is 0 Å². The third-order valence-corrected chi connectivity index (χ3v) is 4.02. The first-order chi connectivity index (χ1) is 11.6. The summed E-state index contributed by atoms with van der Waals surface area (Å²) in [5.41, 5.74) is 0.708. The van der Waals surface area contributed by atoms with Gasteiger partial charge in [0.2, 0.25) is 0 Å². The van der Waals surface area contributed by atoms with Gasteiger partial charge in [0.25, 0.3) is 0 Å². The molecule has 2 fully saturated rings. The average molecular weight is 335 g/mol. The summed E-state index contributed by atoms with van der Waals surface area (Å²) in [5.74, 6) is -0.0507. The fraction of sp³-hybridized carbons (Fsp3) is 0.529. The Bertz CT molecular complexity index is 581.